The lowest BCUT2D eigenvalue weighted by Gasteiger charge is -2.22. The Morgan fingerprint density at radius 2 is 1.96 bits per heavy atom. The number of aromatic nitrogens is 1. The minimum absolute atomic E-state index is 0.0313. The Kier molecular flexibility index (Phi) is 7.51. The molecule has 0 saturated heterocycles. The average Bonchev–Trinajstić information content (AvgIpc) is 3.00. The second-order valence-electron chi connectivity index (χ2n) is 6.99. The summed E-state index contributed by atoms with van der Waals surface area (Å²) in [6, 6.07) is 4.91. The summed E-state index contributed by atoms with van der Waals surface area (Å²) in [5.41, 5.74) is 5.58. The van der Waals surface area contributed by atoms with Crippen LogP contribution in [0.4, 0.5) is 9.93 Å². The van der Waals surface area contributed by atoms with Gasteiger partial charge in [-0.3, -0.25) is 4.79 Å². The van der Waals surface area contributed by atoms with E-state index in [0.29, 0.717) is 20.7 Å². The number of carbonyl (C=O) groups is 2. The van der Waals surface area contributed by atoms with E-state index in [4.69, 9.17) is 33.7 Å². The van der Waals surface area contributed by atoms with Gasteiger partial charge in [-0.15, -0.1) is 11.3 Å². The Labute approximate surface area is 177 Å². The molecule has 0 fully saturated rings. The molecule has 0 radical (unpaired) electrons. The fraction of sp³-hybridized carbons (Fsp3) is 0.389. The maximum absolute atomic E-state index is 12.8. The van der Waals surface area contributed by atoms with Gasteiger partial charge in [-0.25, -0.2) is 9.78 Å². The number of anilines is 1. The number of rotatable bonds is 6. The van der Waals surface area contributed by atoms with Crippen LogP contribution in [0, 0.1) is 0 Å². The van der Waals surface area contributed by atoms with Crippen LogP contribution >= 0.6 is 34.5 Å². The van der Waals surface area contributed by atoms with Gasteiger partial charge in [0.25, 0.3) is 0 Å². The number of hydrogen-bond donors (Lipinski definition) is 3. The van der Waals surface area contributed by atoms with Crippen LogP contribution in [0.1, 0.15) is 37.1 Å². The van der Waals surface area contributed by atoms with Crippen LogP contribution in [0.15, 0.2) is 24.4 Å². The summed E-state index contributed by atoms with van der Waals surface area (Å²) in [5, 5.41) is 6.58. The predicted molar refractivity (Wildman–Crippen MR) is 112 cm³/mol. The summed E-state index contributed by atoms with van der Waals surface area (Å²) in [4.78, 5) is 29.5. The van der Waals surface area contributed by atoms with E-state index in [1.165, 1.54) is 11.3 Å². The highest BCUT2D eigenvalue weighted by Gasteiger charge is 2.24. The molecule has 1 aromatic heterocycles. The van der Waals surface area contributed by atoms with E-state index >= 15 is 0 Å². The van der Waals surface area contributed by atoms with Gasteiger partial charge in [-0.1, -0.05) is 29.3 Å². The van der Waals surface area contributed by atoms with Crippen LogP contribution in [0.25, 0.3) is 0 Å². The first-order valence-corrected chi connectivity index (χ1v) is 10.0. The third-order valence-corrected chi connectivity index (χ3v) is 5.09. The Bertz CT molecular complexity index is 852. The second kappa shape index (κ2) is 9.45. The lowest BCUT2D eigenvalue weighted by molar-refractivity contribution is -0.122. The molecule has 28 heavy (non-hydrogen) atoms. The van der Waals surface area contributed by atoms with E-state index in [0.717, 1.165) is 4.88 Å². The summed E-state index contributed by atoms with van der Waals surface area (Å²) < 4.78 is 5.23. The summed E-state index contributed by atoms with van der Waals surface area (Å²) in [6.45, 7) is 5.59. The molecule has 2 amide bonds. The van der Waals surface area contributed by atoms with Gasteiger partial charge in [0.2, 0.25) is 5.91 Å². The molecule has 1 heterocycles. The summed E-state index contributed by atoms with van der Waals surface area (Å²) >= 11 is 13.4. The van der Waals surface area contributed by atoms with Crippen LogP contribution in [-0.4, -0.2) is 29.1 Å². The van der Waals surface area contributed by atoms with Crippen LogP contribution in [0.3, 0.4) is 0 Å². The minimum atomic E-state index is -0.687. The Morgan fingerprint density at radius 3 is 2.54 bits per heavy atom. The monoisotopic (exact) mass is 444 g/mol. The number of carbonyl (C=O) groups excluding carboxylic acids is 2. The van der Waals surface area contributed by atoms with Crippen LogP contribution in [-0.2, 0) is 16.1 Å². The van der Waals surface area contributed by atoms with E-state index in [9.17, 15) is 9.59 Å². The molecule has 0 unspecified atom stereocenters. The molecule has 0 spiro atoms. The number of alkyl carbamates (subject to hydrolysis) is 1. The number of nitrogens with zero attached hydrogens (tertiary/aromatic N) is 1. The van der Waals surface area contributed by atoms with Crippen molar-refractivity contribution in [1.29, 1.82) is 0 Å². The second-order valence-corrected chi connectivity index (χ2v) is 8.95. The van der Waals surface area contributed by atoms with Crippen molar-refractivity contribution in [3.8, 4) is 0 Å². The normalized spacial score (nSPS) is 12.3. The Balaban J connectivity index is 2.11. The molecule has 2 rings (SSSR count). The maximum Gasteiger partial charge on any atom is 0.407 e. The van der Waals surface area contributed by atoms with E-state index in [1.807, 2.05) is 0 Å². The van der Waals surface area contributed by atoms with Crippen molar-refractivity contribution in [1.82, 2.24) is 15.6 Å². The number of amides is 2. The number of benzene rings is 1. The SMILES string of the molecule is CC(C)(C)OC(=O)NC[C@H](C(=O)NCc1cnc(N)s1)c1ccc(Cl)c(Cl)c1. The molecule has 2 aromatic rings. The number of nitrogen functional groups attached to an aromatic ring is 1. The largest absolute Gasteiger partial charge is 0.444 e. The van der Waals surface area contributed by atoms with Crippen LogP contribution < -0.4 is 16.4 Å². The van der Waals surface area contributed by atoms with Crippen molar-refractivity contribution in [2.24, 2.45) is 0 Å². The van der Waals surface area contributed by atoms with Crippen LogP contribution in [0.2, 0.25) is 10.0 Å². The van der Waals surface area contributed by atoms with Gasteiger partial charge in [0.15, 0.2) is 5.13 Å². The van der Waals surface area contributed by atoms with Crippen molar-refractivity contribution in [2.75, 3.05) is 12.3 Å². The molecule has 1 atom stereocenters. The molecule has 4 N–H and O–H groups in total. The topological polar surface area (TPSA) is 106 Å². The smallest absolute Gasteiger partial charge is 0.407 e. The zero-order valence-corrected chi connectivity index (χ0v) is 18.0. The quantitative estimate of drug-likeness (QED) is 0.624. The molecule has 10 heteroatoms. The van der Waals surface area contributed by atoms with Crippen molar-refractivity contribution in [2.45, 2.75) is 38.8 Å². The van der Waals surface area contributed by atoms with Crippen molar-refractivity contribution < 1.29 is 14.3 Å². The molecular formula is C18H22Cl2N4O3S. The number of nitrogens with two attached hydrogens (primary N) is 1. The summed E-state index contributed by atoms with van der Waals surface area (Å²) in [6.07, 6.45) is 0.994. The third-order valence-electron chi connectivity index (χ3n) is 3.52. The van der Waals surface area contributed by atoms with E-state index < -0.39 is 17.6 Å². The first kappa shape index (κ1) is 22.3. The van der Waals surface area contributed by atoms with Gasteiger partial charge < -0.3 is 21.1 Å². The van der Waals surface area contributed by atoms with Crippen LogP contribution in [0.5, 0.6) is 0 Å². The Morgan fingerprint density at radius 1 is 1.25 bits per heavy atom. The predicted octanol–water partition coefficient (Wildman–Crippen LogP) is 3.96. The molecule has 0 saturated carbocycles. The summed E-state index contributed by atoms with van der Waals surface area (Å²) in [5.74, 6) is -0.978. The van der Waals surface area contributed by atoms with Crippen molar-refractivity contribution in [3.63, 3.8) is 0 Å². The standard InChI is InChI=1S/C18H22Cl2N4O3S/c1-18(2,3)27-17(26)24-9-12(10-4-5-13(19)14(20)6-10)15(25)22-7-11-8-23-16(21)28-11/h4-6,8,12H,7,9H2,1-3H3,(H2,21,23)(H,22,25)(H,24,26)/t12-/m0/s1. The van der Waals surface area contributed by atoms with E-state index in [2.05, 4.69) is 15.6 Å². The van der Waals surface area contributed by atoms with Gasteiger partial charge in [0, 0.05) is 17.6 Å². The zero-order chi connectivity index (χ0) is 20.9. The molecule has 7 nitrogen and oxygen atoms in total. The average molecular weight is 445 g/mol. The van der Waals surface area contributed by atoms with Crippen molar-refractivity contribution >= 4 is 51.7 Å². The minimum Gasteiger partial charge on any atom is -0.444 e. The van der Waals surface area contributed by atoms with E-state index in [-0.39, 0.29) is 19.0 Å². The van der Waals surface area contributed by atoms with Gasteiger partial charge in [-0.05, 0) is 38.5 Å². The van der Waals surface area contributed by atoms with Gasteiger partial charge in [-0.2, -0.15) is 0 Å². The van der Waals surface area contributed by atoms with E-state index in [1.54, 1.807) is 45.2 Å². The fourth-order valence-electron chi connectivity index (χ4n) is 2.29. The first-order chi connectivity index (χ1) is 13.0. The third kappa shape index (κ3) is 6.85. The lowest BCUT2D eigenvalue weighted by atomic mass is 9.98. The fourth-order valence-corrected chi connectivity index (χ4v) is 3.22. The number of nitrogens with one attached hydrogen (secondary N) is 2. The maximum atomic E-state index is 12.8. The molecule has 0 bridgehead atoms. The number of thiazole rings is 1. The highest BCUT2D eigenvalue weighted by atomic mass is 35.5. The first-order valence-electron chi connectivity index (χ1n) is 8.45. The molecule has 152 valence electrons. The van der Waals surface area contributed by atoms with Gasteiger partial charge in [0.05, 0.1) is 22.5 Å². The van der Waals surface area contributed by atoms with Crippen molar-refractivity contribution in [3.05, 3.63) is 44.9 Å². The molecule has 0 aliphatic carbocycles. The Hall–Kier alpha value is -2.03. The number of ether oxygens (including phenoxy) is 1. The van der Waals surface area contributed by atoms with Gasteiger partial charge in [0.1, 0.15) is 5.60 Å². The number of halogens is 2. The molecule has 0 aliphatic rings. The molecular weight excluding hydrogens is 423 g/mol. The molecule has 1 aromatic carbocycles. The summed E-state index contributed by atoms with van der Waals surface area (Å²) in [7, 11) is 0. The lowest BCUT2D eigenvalue weighted by Crippen LogP contribution is -2.39. The molecule has 0 aliphatic heterocycles. The van der Waals surface area contributed by atoms with Gasteiger partial charge >= 0.3 is 6.09 Å². The highest BCUT2D eigenvalue weighted by molar-refractivity contribution is 7.15. The zero-order valence-electron chi connectivity index (χ0n) is 15.7. The number of hydrogen-bond acceptors (Lipinski definition) is 6. The highest BCUT2D eigenvalue weighted by Crippen LogP contribution is 2.27.